The van der Waals surface area contributed by atoms with Crippen LogP contribution in [-0.2, 0) is 9.53 Å². The number of piperidine rings is 3. The molecule has 2 bridgehead atoms. The van der Waals surface area contributed by atoms with Gasteiger partial charge >= 0.3 is 6.09 Å². The van der Waals surface area contributed by atoms with Gasteiger partial charge in [-0.2, -0.15) is 0 Å². The van der Waals surface area contributed by atoms with Gasteiger partial charge in [0.2, 0.25) is 5.91 Å². The summed E-state index contributed by atoms with van der Waals surface area (Å²) >= 11 is 0. The highest BCUT2D eigenvalue weighted by Crippen LogP contribution is 2.44. The van der Waals surface area contributed by atoms with E-state index in [1.165, 1.54) is 36.1 Å². The van der Waals surface area contributed by atoms with Crippen molar-refractivity contribution in [1.82, 2.24) is 14.7 Å². The van der Waals surface area contributed by atoms with Crippen LogP contribution in [0.1, 0.15) is 37.3 Å². The molecule has 0 spiro atoms. The molecular formula is C23H31N3O4. The SMILES string of the molecule is COc1ccc([C@H]2CCC[C@H]3[C@@H]4C[C@@H](CN(C(=O)CN5CCOC5=O)C4)CN23)cc1. The van der Waals surface area contributed by atoms with Gasteiger partial charge in [0.05, 0.1) is 13.7 Å². The molecule has 1 aromatic carbocycles. The van der Waals surface area contributed by atoms with E-state index >= 15 is 0 Å². The van der Waals surface area contributed by atoms with Gasteiger partial charge in [0.25, 0.3) is 0 Å². The average molecular weight is 414 g/mol. The molecule has 0 unspecified atom stereocenters. The Hall–Kier alpha value is -2.28. The lowest BCUT2D eigenvalue weighted by molar-refractivity contribution is -0.139. The van der Waals surface area contributed by atoms with Crippen LogP contribution in [0.15, 0.2) is 24.3 Å². The summed E-state index contributed by atoms with van der Waals surface area (Å²) in [6.45, 7) is 3.73. The zero-order chi connectivity index (χ0) is 20.7. The number of benzene rings is 1. The molecule has 4 fully saturated rings. The Morgan fingerprint density at radius 3 is 2.73 bits per heavy atom. The molecule has 4 heterocycles. The number of hydrogen-bond acceptors (Lipinski definition) is 5. The van der Waals surface area contributed by atoms with Crippen LogP contribution in [0.5, 0.6) is 5.75 Å². The summed E-state index contributed by atoms with van der Waals surface area (Å²) in [5.41, 5.74) is 1.38. The van der Waals surface area contributed by atoms with Crippen molar-refractivity contribution in [3.8, 4) is 5.75 Å². The number of likely N-dealkylation sites (tertiary alicyclic amines) is 1. The smallest absolute Gasteiger partial charge is 0.410 e. The van der Waals surface area contributed by atoms with Gasteiger partial charge in [0, 0.05) is 31.7 Å². The van der Waals surface area contributed by atoms with Gasteiger partial charge in [-0.1, -0.05) is 12.1 Å². The van der Waals surface area contributed by atoms with Crippen molar-refractivity contribution in [1.29, 1.82) is 0 Å². The van der Waals surface area contributed by atoms with Crippen LogP contribution in [0, 0.1) is 11.8 Å². The zero-order valence-electron chi connectivity index (χ0n) is 17.7. The first-order valence-corrected chi connectivity index (χ1v) is 11.2. The maximum absolute atomic E-state index is 12.9. The molecule has 7 heteroatoms. The third-order valence-corrected chi connectivity index (χ3v) is 7.41. The van der Waals surface area contributed by atoms with Crippen LogP contribution in [0.2, 0.25) is 0 Å². The number of ether oxygens (including phenoxy) is 2. The summed E-state index contributed by atoms with van der Waals surface area (Å²) < 4.78 is 10.3. The molecule has 4 aliphatic heterocycles. The first-order chi connectivity index (χ1) is 14.6. The number of fused-ring (bicyclic) bond motifs is 4. The van der Waals surface area contributed by atoms with Crippen molar-refractivity contribution in [3.05, 3.63) is 29.8 Å². The fourth-order valence-corrected chi connectivity index (χ4v) is 6.03. The number of amides is 2. The molecule has 2 amide bonds. The van der Waals surface area contributed by atoms with Gasteiger partial charge in [0.15, 0.2) is 0 Å². The number of hydrogen-bond donors (Lipinski definition) is 0. The van der Waals surface area contributed by atoms with E-state index in [1.807, 2.05) is 4.90 Å². The van der Waals surface area contributed by atoms with Gasteiger partial charge < -0.3 is 14.4 Å². The Morgan fingerprint density at radius 1 is 1.17 bits per heavy atom. The molecule has 1 aromatic rings. The van der Waals surface area contributed by atoms with Crippen molar-refractivity contribution in [3.63, 3.8) is 0 Å². The minimum absolute atomic E-state index is 0.0690. The van der Waals surface area contributed by atoms with E-state index in [0.717, 1.165) is 25.4 Å². The van der Waals surface area contributed by atoms with Gasteiger partial charge in [-0.15, -0.1) is 0 Å². The molecule has 30 heavy (non-hydrogen) atoms. The van der Waals surface area contributed by atoms with E-state index in [4.69, 9.17) is 9.47 Å². The van der Waals surface area contributed by atoms with Gasteiger partial charge in [0.1, 0.15) is 18.9 Å². The second kappa shape index (κ2) is 8.10. The van der Waals surface area contributed by atoms with Gasteiger partial charge in [-0.05, 0) is 55.2 Å². The Balaban J connectivity index is 1.28. The Labute approximate surface area is 177 Å². The minimum Gasteiger partial charge on any atom is -0.497 e. The Kier molecular flexibility index (Phi) is 5.31. The van der Waals surface area contributed by atoms with Crippen LogP contribution in [-0.4, -0.2) is 79.2 Å². The standard InChI is InChI=1S/C23H31N3O4/c1-29-19-7-5-17(6-8-19)20-3-2-4-21-18-11-16(13-26(20)21)12-25(14-18)22(27)15-24-9-10-30-23(24)28/h5-8,16,18,20-21H,2-4,9-15H2,1H3/t16-,18+,20+,21-/m0/s1. The average Bonchev–Trinajstić information content (AvgIpc) is 3.17. The lowest BCUT2D eigenvalue weighted by Gasteiger charge is -2.55. The van der Waals surface area contributed by atoms with Crippen molar-refractivity contribution >= 4 is 12.0 Å². The first kappa shape index (κ1) is 19.7. The lowest BCUT2D eigenvalue weighted by atomic mass is 9.74. The number of methoxy groups -OCH3 is 1. The Morgan fingerprint density at radius 2 is 2.00 bits per heavy atom. The summed E-state index contributed by atoms with van der Waals surface area (Å²) in [6, 6.07) is 9.54. The van der Waals surface area contributed by atoms with E-state index in [2.05, 4.69) is 29.2 Å². The highest BCUT2D eigenvalue weighted by molar-refractivity contribution is 5.83. The van der Waals surface area contributed by atoms with Crippen LogP contribution in [0.3, 0.4) is 0 Å². The molecule has 4 atom stereocenters. The van der Waals surface area contributed by atoms with Crippen LogP contribution >= 0.6 is 0 Å². The van der Waals surface area contributed by atoms with E-state index in [-0.39, 0.29) is 18.5 Å². The molecule has 162 valence electrons. The predicted molar refractivity (Wildman–Crippen MR) is 111 cm³/mol. The molecular weight excluding hydrogens is 382 g/mol. The lowest BCUT2D eigenvalue weighted by Crippen LogP contribution is -2.61. The highest BCUT2D eigenvalue weighted by Gasteiger charge is 2.46. The maximum atomic E-state index is 12.9. The maximum Gasteiger partial charge on any atom is 0.410 e. The Bertz CT molecular complexity index is 798. The molecule has 7 nitrogen and oxygen atoms in total. The topological polar surface area (TPSA) is 62.3 Å². The molecule has 0 aromatic heterocycles. The molecule has 4 saturated heterocycles. The zero-order valence-corrected chi connectivity index (χ0v) is 17.7. The van der Waals surface area contributed by atoms with Crippen molar-refractivity contribution in [2.45, 2.75) is 37.8 Å². The molecule has 5 rings (SSSR count). The van der Waals surface area contributed by atoms with Crippen LogP contribution in [0.4, 0.5) is 4.79 Å². The van der Waals surface area contributed by atoms with Crippen LogP contribution in [0.25, 0.3) is 0 Å². The van der Waals surface area contributed by atoms with E-state index in [1.54, 1.807) is 7.11 Å². The summed E-state index contributed by atoms with van der Waals surface area (Å²) in [5.74, 6) is 2.00. The van der Waals surface area contributed by atoms with E-state index < -0.39 is 0 Å². The summed E-state index contributed by atoms with van der Waals surface area (Å²) in [6.07, 6.45) is 4.49. The summed E-state index contributed by atoms with van der Waals surface area (Å²) in [4.78, 5) is 30.9. The first-order valence-electron chi connectivity index (χ1n) is 11.2. The largest absolute Gasteiger partial charge is 0.497 e. The molecule has 0 saturated carbocycles. The van der Waals surface area contributed by atoms with Crippen molar-refractivity contribution < 1.29 is 19.1 Å². The number of rotatable bonds is 4. The number of carbonyl (C=O) groups excluding carboxylic acids is 2. The third-order valence-electron chi connectivity index (χ3n) is 7.41. The van der Waals surface area contributed by atoms with E-state index in [0.29, 0.717) is 37.1 Å². The molecule has 0 radical (unpaired) electrons. The predicted octanol–water partition coefficient (Wildman–Crippen LogP) is 2.52. The van der Waals surface area contributed by atoms with Crippen molar-refractivity contribution in [2.24, 2.45) is 11.8 Å². The number of nitrogens with zero attached hydrogens (tertiary/aromatic N) is 3. The second-order valence-corrected chi connectivity index (χ2v) is 9.18. The van der Waals surface area contributed by atoms with Gasteiger partial charge in [-0.3, -0.25) is 14.6 Å². The molecule has 0 N–H and O–H groups in total. The van der Waals surface area contributed by atoms with Crippen LogP contribution < -0.4 is 4.74 Å². The summed E-state index contributed by atoms with van der Waals surface area (Å²) in [7, 11) is 1.71. The fraction of sp³-hybridized carbons (Fsp3) is 0.652. The highest BCUT2D eigenvalue weighted by atomic mass is 16.6. The van der Waals surface area contributed by atoms with Gasteiger partial charge in [-0.25, -0.2) is 4.79 Å². The molecule has 0 aliphatic carbocycles. The fourth-order valence-electron chi connectivity index (χ4n) is 6.03. The van der Waals surface area contributed by atoms with Crippen molar-refractivity contribution in [2.75, 3.05) is 46.4 Å². The monoisotopic (exact) mass is 413 g/mol. The molecule has 4 aliphatic rings. The quantitative estimate of drug-likeness (QED) is 0.759. The summed E-state index contributed by atoms with van der Waals surface area (Å²) in [5, 5.41) is 0. The van der Waals surface area contributed by atoms with E-state index in [9.17, 15) is 9.59 Å². The normalized spacial score (nSPS) is 31.3. The second-order valence-electron chi connectivity index (χ2n) is 9.18. The number of cyclic esters (lactones) is 1. The number of carbonyl (C=O) groups is 2. The minimum atomic E-state index is -0.360. The third kappa shape index (κ3) is 3.64.